The normalized spacial score (nSPS) is 9.58. The third kappa shape index (κ3) is 3.46. The molecule has 6 nitrogen and oxygen atoms in total. The van der Waals surface area contributed by atoms with Gasteiger partial charge in [0, 0.05) is 11.9 Å². The van der Waals surface area contributed by atoms with E-state index in [0.717, 1.165) is 5.69 Å². The van der Waals surface area contributed by atoms with Crippen molar-refractivity contribution in [2.24, 2.45) is 0 Å². The summed E-state index contributed by atoms with van der Waals surface area (Å²) in [6.07, 6.45) is 1.61. The van der Waals surface area contributed by atoms with Crippen LogP contribution in [-0.2, 0) is 0 Å². The van der Waals surface area contributed by atoms with Crippen LogP contribution in [0.3, 0.4) is 0 Å². The van der Waals surface area contributed by atoms with Gasteiger partial charge >= 0.3 is 0 Å². The van der Waals surface area contributed by atoms with Gasteiger partial charge in [0.05, 0.1) is 22.9 Å². The Morgan fingerprint density at radius 2 is 1.75 bits per heavy atom. The van der Waals surface area contributed by atoms with Crippen molar-refractivity contribution in [2.75, 3.05) is 10.6 Å². The van der Waals surface area contributed by atoms with Crippen molar-refractivity contribution in [3.63, 3.8) is 0 Å². The molecule has 0 bridgehead atoms. The van der Waals surface area contributed by atoms with E-state index in [1.165, 1.54) is 0 Å². The first-order valence-electron chi connectivity index (χ1n) is 7.15. The molecular formula is C18H12N6. The minimum Gasteiger partial charge on any atom is -0.339 e. The second kappa shape index (κ2) is 6.91. The Morgan fingerprint density at radius 3 is 2.58 bits per heavy atom. The molecule has 114 valence electrons. The largest absolute Gasteiger partial charge is 0.339 e. The van der Waals surface area contributed by atoms with Crippen LogP contribution in [0.2, 0.25) is 0 Å². The van der Waals surface area contributed by atoms with Gasteiger partial charge in [-0.3, -0.25) is 0 Å². The average molecular weight is 312 g/mol. The lowest BCUT2D eigenvalue weighted by atomic mass is 10.2. The lowest BCUT2D eigenvalue weighted by Crippen LogP contribution is -2.01. The fourth-order valence-corrected chi connectivity index (χ4v) is 2.11. The van der Waals surface area contributed by atoms with Crippen LogP contribution in [0.1, 0.15) is 11.1 Å². The maximum absolute atomic E-state index is 9.13. The molecule has 2 aromatic carbocycles. The first kappa shape index (κ1) is 15.0. The predicted molar refractivity (Wildman–Crippen MR) is 90.9 cm³/mol. The summed E-state index contributed by atoms with van der Waals surface area (Å²) in [4.78, 5) is 8.53. The number of aromatic nitrogens is 2. The molecule has 0 amide bonds. The zero-order valence-corrected chi connectivity index (χ0v) is 12.6. The molecule has 0 spiro atoms. The van der Waals surface area contributed by atoms with E-state index >= 15 is 0 Å². The van der Waals surface area contributed by atoms with Crippen LogP contribution in [0.25, 0.3) is 0 Å². The highest BCUT2D eigenvalue weighted by Gasteiger charge is 2.04. The van der Waals surface area contributed by atoms with Crippen LogP contribution in [0, 0.1) is 22.7 Å². The van der Waals surface area contributed by atoms with E-state index in [1.807, 2.05) is 18.2 Å². The fourth-order valence-electron chi connectivity index (χ4n) is 2.11. The molecule has 0 atom stereocenters. The van der Waals surface area contributed by atoms with Gasteiger partial charge in [-0.2, -0.15) is 15.5 Å². The Labute approximate surface area is 139 Å². The topological polar surface area (TPSA) is 97.4 Å². The smallest absolute Gasteiger partial charge is 0.229 e. The third-order valence-electron chi connectivity index (χ3n) is 3.21. The number of nitriles is 2. The molecule has 2 N–H and O–H groups in total. The molecule has 0 radical (unpaired) electrons. The monoisotopic (exact) mass is 312 g/mol. The van der Waals surface area contributed by atoms with Gasteiger partial charge in [-0.05, 0) is 36.4 Å². The Bertz CT molecular complexity index is 952. The first-order chi connectivity index (χ1) is 11.8. The molecule has 1 aromatic heterocycles. The molecule has 3 rings (SSSR count). The van der Waals surface area contributed by atoms with Crippen molar-refractivity contribution in [3.8, 4) is 12.1 Å². The van der Waals surface area contributed by atoms with Crippen molar-refractivity contribution in [2.45, 2.75) is 0 Å². The molecule has 6 heteroatoms. The van der Waals surface area contributed by atoms with Crippen LogP contribution >= 0.6 is 0 Å². The van der Waals surface area contributed by atoms with Crippen LogP contribution in [-0.4, -0.2) is 9.97 Å². The molecule has 24 heavy (non-hydrogen) atoms. The van der Waals surface area contributed by atoms with Gasteiger partial charge in [0.2, 0.25) is 5.95 Å². The molecule has 3 aromatic rings. The van der Waals surface area contributed by atoms with Gasteiger partial charge in [0.25, 0.3) is 0 Å². The quantitative estimate of drug-likeness (QED) is 0.762. The number of para-hydroxylation sites is 1. The highest BCUT2D eigenvalue weighted by atomic mass is 15.1. The maximum atomic E-state index is 9.13. The summed E-state index contributed by atoms with van der Waals surface area (Å²) in [5.74, 6) is 0.955. The molecule has 0 aliphatic carbocycles. The summed E-state index contributed by atoms with van der Waals surface area (Å²) in [5.41, 5.74) is 2.49. The second-order valence-electron chi connectivity index (χ2n) is 4.87. The van der Waals surface area contributed by atoms with E-state index in [0.29, 0.717) is 28.6 Å². The summed E-state index contributed by atoms with van der Waals surface area (Å²) in [6.45, 7) is 0. The van der Waals surface area contributed by atoms with Gasteiger partial charge in [-0.25, -0.2) is 4.98 Å². The summed E-state index contributed by atoms with van der Waals surface area (Å²) >= 11 is 0. The molecule has 0 saturated heterocycles. The van der Waals surface area contributed by atoms with E-state index in [-0.39, 0.29) is 0 Å². The molecule has 1 heterocycles. The standard InChI is InChI=1S/C18H12N6/c19-11-13-4-3-6-15(10-13)22-18-21-9-8-17(24-18)23-16-7-2-1-5-14(16)12-20/h1-10H,(H2,21,22,23,24). The lowest BCUT2D eigenvalue weighted by molar-refractivity contribution is 1.16. The lowest BCUT2D eigenvalue weighted by Gasteiger charge is -2.09. The summed E-state index contributed by atoms with van der Waals surface area (Å²) in [5, 5.41) is 24.2. The number of rotatable bonds is 4. The van der Waals surface area contributed by atoms with Gasteiger partial charge in [-0.1, -0.05) is 18.2 Å². The number of nitrogens with zero attached hydrogens (tertiary/aromatic N) is 4. The van der Waals surface area contributed by atoms with Crippen LogP contribution in [0.5, 0.6) is 0 Å². The molecule has 0 aliphatic heterocycles. The van der Waals surface area contributed by atoms with Crippen LogP contribution in [0.15, 0.2) is 60.8 Å². The van der Waals surface area contributed by atoms with Crippen molar-refractivity contribution in [1.82, 2.24) is 9.97 Å². The highest BCUT2D eigenvalue weighted by molar-refractivity contribution is 5.65. The minimum atomic E-state index is 0.393. The van der Waals surface area contributed by atoms with E-state index < -0.39 is 0 Å². The van der Waals surface area contributed by atoms with Crippen LogP contribution in [0.4, 0.5) is 23.1 Å². The van der Waals surface area contributed by atoms with Gasteiger partial charge in [0.1, 0.15) is 11.9 Å². The van der Waals surface area contributed by atoms with Gasteiger partial charge in [0.15, 0.2) is 0 Å². The second-order valence-corrected chi connectivity index (χ2v) is 4.87. The predicted octanol–water partition coefficient (Wildman–Crippen LogP) is 3.71. The van der Waals surface area contributed by atoms with Crippen molar-refractivity contribution in [1.29, 1.82) is 10.5 Å². The molecule has 0 saturated carbocycles. The third-order valence-corrected chi connectivity index (χ3v) is 3.21. The first-order valence-corrected chi connectivity index (χ1v) is 7.15. The minimum absolute atomic E-state index is 0.393. The SMILES string of the molecule is N#Cc1cccc(Nc2nccc(Nc3ccccc3C#N)n2)c1. The molecular weight excluding hydrogens is 300 g/mol. The molecule has 0 unspecified atom stereocenters. The zero-order valence-electron chi connectivity index (χ0n) is 12.6. The number of nitrogens with one attached hydrogen (secondary N) is 2. The maximum Gasteiger partial charge on any atom is 0.229 e. The number of anilines is 4. The number of hydrogen-bond donors (Lipinski definition) is 2. The fraction of sp³-hybridized carbons (Fsp3) is 0. The van der Waals surface area contributed by atoms with Crippen LogP contribution < -0.4 is 10.6 Å². The summed E-state index contributed by atoms with van der Waals surface area (Å²) < 4.78 is 0. The van der Waals surface area contributed by atoms with Crippen molar-refractivity contribution < 1.29 is 0 Å². The van der Waals surface area contributed by atoms with E-state index in [1.54, 1.807) is 42.6 Å². The number of benzene rings is 2. The van der Waals surface area contributed by atoms with E-state index in [4.69, 9.17) is 10.5 Å². The summed E-state index contributed by atoms with van der Waals surface area (Å²) in [7, 11) is 0. The molecule has 0 fully saturated rings. The van der Waals surface area contributed by atoms with Crippen molar-refractivity contribution in [3.05, 3.63) is 71.9 Å². The number of hydrogen-bond acceptors (Lipinski definition) is 6. The zero-order chi connectivity index (χ0) is 16.8. The molecule has 0 aliphatic rings. The highest BCUT2D eigenvalue weighted by Crippen LogP contribution is 2.20. The Kier molecular flexibility index (Phi) is 4.32. The average Bonchev–Trinajstić information content (AvgIpc) is 2.62. The van der Waals surface area contributed by atoms with E-state index in [9.17, 15) is 0 Å². The van der Waals surface area contributed by atoms with Gasteiger partial charge in [-0.15, -0.1) is 0 Å². The Balaban J connectivity index is 1.82. The Morgan fingerprint density at radius 1 is 0.875 bits per heavy atom. The Hall–Kier alpha value is -3.90. The van der Waals surface area contributed by atoms with Crippen molar-refractivity contribution >= 4 is 23.1 Å². The summed E-state index contributed by atoms with van der Waals surface area (Å²) in [6, 6.07) is 20.2. The van der Waals surface area contributed by atoms with Gasteiger partial charge < -0.3 is 10.6 Å². The van der Waals surface area contributed by atoms with E-state index in [2.05, 4.69) is 32.7 Å².